The van der Waals surface area contributed by atoms with Crippen molar-refractivity contribution in [2.45, 2.75) is 38.5 Å². The SMILES string of the molecule is C1CN2CCCN3CCCN(C1)CCC[NH+](CCC2)CCC3. The third-order valence-electron chi connectivity index (χ3n) is 5.86. The van der Waals surface area contributed by atoms with E-state index >= 15 is 0 Å². The van der Waals surface area contributed by atoms with Crippen molar-refractivity contribution >= 4 is 0 Å². The first kappa shape index (κ1) is 16.7. The number of rotatable bonds is 0. The summed E-state index contributed by atoms with van der Waals surface area (Å²) in [7, 11) is 0. The molecule has 0 aromatic rings. The van der Waals surface area contributed by atoms with E-state index in [2.05, 4.69) is 14.7 Å². The summed E-state index contributed by atoms with van der Waals surface area (Å²) in [4.78, 5) is 10.2. The summed E-state index contributed by atoms with van der Waals surface area (Å²) in [6.45, 7) is 16.2. The molecule has 0 aliphatic carbocycles. The van der Waals surface area contributed by atoms with Crippen LogP contribution >= 0.6 is 0 Å². The fraction of sp³-hybridized carbons (Fsp3) is 1.00. The number of nitrogens with one attached hydrogen (secondary N) is 1. The van der Waals surface area contributed by atoms with Gasteiger partial charge in [0, 0.05) is 38.9 Å². The molecular formula is C18H37N4+. The summed E-state index contributed by atoms with van der Waals surface area (Å²) >= 11 is 0. The van der Waals surface area contributed by atoms with Gasteiger partial charge in [-0.3, -0.25) is 0 Å². The first-order valence-electron chi connectivity index (χ1n) is 9.91. The van der Waals surface area contributed by atoms with Gasteiger partial charge >= 0.3 is 0 Å². The molecule has 0 atom stereocenters. The highest BCUT2D eigenvalue weighted by atomic mass is 15.2. The summed E-state index contributed by atoms with van der Waals surface area (Å²) in [5.74, 6) is 0. The average molecular weight is 310 g/mol. The fourth-order valence-corrected chi connectivity index (χ4v) is 4.59. The lowest BCUT2D eigenvalue weighted by atomic mass is 10.2. The lowest BCUT2D eigenvalue weighted by Crippen LogP contribution is -3.12. The van der Waals surface area contributed by atoms with Crippen molar-refractivity contribution in [1.29, 1.82) is 0 Å². The van der Waals surface area contributed by atoms with Crippen molar-refractivity contribution < 1.29 is 4.90 Å². The number of quaternary nitrogens is 1. The van der Waals surface area contributed by atoms with Crippen molar-refractivity contribution in [2.75, 3.05) is 78.5 Å². The maximum atomic E-state index is 2.76. The standard InChI is InChI=1S/C18H36N4/c1-7-19-9-2-13-21-14-4-11-20(8-1)12-5-16-22(15-3-10-19)18-6-17-21/h1-18H2/p+1. The zero-order valence-corrected chi connectivity index (χ0v) is 14.6. The molecule has 0 saturated carbocycles. The van der Waals surface area contributed by atoms with Gasteiger partial charge in [0.15, 0.2) is 0 Å². The van der Waals surface area contributed by atoms with Crippen LogP contribution in [0.2, 0.25) is 0 Å². The molecule has 0 amide bonds. The van der Waals surface area contributed by atoms with E-state index in [1.54, 1.807) is 0 Å². The first-order chi connectivity index (χ1) is 10.9. The molecular weight excluding hydrogens is 272 g/mol. The second-order valence-electron chi connectivity index (χ2n) is 7.65. The van der Waals surface area contributed by atoms with Crippen molar-refractivity contribution in [1.82, 2.24) is 14.7 Å². The van der Waals surface area contributed by atoms with Gasteiger partial charge in [0.2, 0.25) is 0 Å². The molecule has 0 unspecified atom stereocenters. The van der Waals surface area contributed by atoms with Gasteiger partial charge in [-0.05, 0) is 58.5 Å². The summed E-state index contributed by atoms with van der Waals surface area (Å²) in [6, 6.07) is 0. The third-order valence-corrected chi connectivity index (χ3v) is 5.86. The molecule has 4 fully saturated rings. The molecule has 4 heteroatoms. The molecule has 128 valence electrons. The van der Waals surface area contributed by atoms with E-state index in [-0.39, 0.29) is 0 Å². The highest BCUT2D eigenvalue weighted by Crippen LogP contribution is 2.06. The zero-order chi connectivity index (χ0) is 15.0. The van der Waals surface area contributed by atoms with E-state index in [9.17, 15) is 0 Å². The zero-order valence-electron chi connectivity index (χ0n) is 14.6. The summed E-state index contributed by atoms with van der Waals surface area (Å²) in [6.07, 6.45) is 8.34. The Balaban J connectivity index is 1.73. The molecule has 4 rings (SSSR count). The Morgan fingerprint density at radius 3 is 0.955 bits per heavy atom. The summed E-state index contributed by atoms with van der Waals surface area (Å²) in [5.41, 5.74) is 0. The molecule has 4 saturated heterocycles. The Bertz CT molecular complexity index is 208. The Morgan fingerprint density at radius 2 is 0.636 bits per heavy atom. The molecule has 22 heavy (non-hydrogen) atoms. The van der Waals surface area contributed by atoms with Gasteiger partial charge in [0.1, 0.15) is 0 Å². The Morgan fingerprint density at radius 1 is 0.364 bits per heavy atom. The quantitative estimate of drug-likeness (QED) is 0.686. The lowest BCUT2D eigenvalue weighted by Gasteiger charge is -2.33. The van der Waals surface area contributed by atoms with Crippen LogP contribution in [0.3, 0.4) is 0 Å². The van der Waals surface area contributed by atoms with Crippen LogP contribution < -0.4 is 4.90 Å². The molecule has 1 N–H and O–H groups in total. The molecule has 4 aliphatic rings. The highest BCUT2D eigenvalue weighted by Gasteiger charge is 2.18. The van der Waals surface area contributed by atoms with E-state index in [0.29, 0.717) is 0 Å². The van der Waals surface area contributed by atoms with E-state index in [0.717, 1.165) is 0 Å². The fourth-order valence-electron chi connectivity index (χ4n) is 4.59. The van der Waals surface area contributed by atoms with E-state index in [4.69, 9.17) is 0 Å². The van der Waals surface area contributed by atoms with Gasteiger partial charge < -0.3 is 19.6 Å². The Labute approximate surface area is 137 Å². The minimum Gasteiger partial charge on any atom is -0.335 e. The number of fused-ring (bicyclic) bond motifs is 12. The summed E-state index contributed by atoms with van der Waals surface area (Å²) in [5, 5.41) is 0. The minimum atomic E-state index is 1.33. The second-order valence-corrected chi connectivity index (χ2v) is 7.65. The molecule has 0 spiro atoms. The molecule has 0 radical (unpaired) electrons. The molecule has 4 heterocycles. The topological polar surface area (TPSA) is 14.2 Å². The number of hydrogen-bond donors (Lipinski definition) is 1. The minimum absolute atomic E-state index is 1.33. The third kappa shape index (κ3) is 5.48. The Kier molecular flexibility index (Phi) is 6.99. The van der Waals surface area contributed by atoms with Crippen LogP contribution in [-0.4, -0.2) is 93.2 Å². The van der Waals surface area contributed by atoms with E-state index in [1.807, 2.05) is 4.90 Å². The van der Waals surface area contributed by atoms with Gasteiger partial charge in [0.05, 0.1) is 19.6 Å². The normalized spacial score (nSPS) is 39.3. The monoisotopic (exact) mass is 309 g/mol. The number of nitrogens with zero attached hydrogens (tertiary/aromatic N) is 3. The first-order valence-corrected chi connectivity index (χ1v) is 9.91. The van der Waals surface area contributed by atoms with Gasteiger partial charge in [-0.25, -0.2) is 0 Å². The van der Waals surface area contributed by atoms with Crippen LogP contribution in [0, 0.1) is 0 Å². The van der Waals surface area contributed by atoms with Crippen molar-refractivity contribution in [3.8, 4) is 0 Å². The van der Waals surface area contributed by atoms with Crippen LogP contribution in [0.15, 0.2) is 0 Å². The molecule has 0 aromatic heterocycles. The largest absolute Gasteiger partial charge is 0.335 e. The van der Waals surface area contributed by atoms with Crippen LogP contribution in [-0.2, 0) is 0 Å². The predicted octanol–water partition coefficient (Wildman–Crippen LogP) is 0.159. The van der Waals surface area contributed by atoms with E-state index < -0.39 is 0 Å². The van der Waals surface area contributed by atoms with Gasteiger partial charge in [-0.2, -0.15) is 0 Å². The van der Waals surface area contributed by atoms with Crippen LogP contribution in [0.5, 0.6) is 0 Å². The number of hydrogen-bond acceptors (Lipinski definition) is 3. The van der Waals surface area contributed by atoms with E-state index in [1.165, 1.54) is 117 Å². The van der Waals surface area contributed by atoms with Crippen molar-refractivity contribution in [2.24, 2.45) is 0 Å². The van der Waals surface area contributed by atoms with Crippen LogP contribution in [0.4, 0.5) is 0 Å². The van der Waals surface area contributed by atoms with Crippen LogP contribution in [0.1, 0.15) is 38.5 Å². The lowest BCUT2D eigenvalue weighted by molar-refractivity contribution is -0.900. The second kappa shape index (κ2) is 9.21. The highest BCUT2D eigenvalue weighted by molar-refractivity contribution is 4.69. The molecule has 4 nitrogen and oxygen atoms in total. The molecule has 4 bridgehead atoms. The van der Waals surface area contributed by atoms with Gasteiger partial charge in [-0.15, -0.1) is 0 Å². The van der Waals surface area contributed by atoms with Gasteiger partial charge in [-0.1, -0.05) is 0 Å². The smallest absolute Gasteiger partial charge is 0.0783 e. The maximum absolute atomic E-state index is 2.76. The molecule has 4 aliphatic heterocycles. The van der Waals surface area contributed by atoms with Gasteiger partial charge in [0.25, 0.3) is 0 Å². The summed E-state index contributed by atoms with van der Waals surface area (Å²) < 4.78 is 0. The predicted molar refractivity (Wildman–Crippen MR) is 92.6 cm³/mol. The van der Waals surface area contributed by atoms with Crippen molar-refractivity contribution in [3.05, 3.63) is 0 Å². The maximum Gasteiger partial charge on any atom is 0.0783 e. The van der Waals surface area contributed by atoms with Crippen LogP contribution in [0.25, 0.3) is 0 Å². The Hall–Kier alpha value is -0.160. The molecule has 0 aromatic carbocycles. The average Bonchev–Trinajstić information content (AvgIpc) is 2.47. The van der Waals surface area contributed by atoms with Crippen molar-refractivity contribution in [3.63, 3.8) is 0 Å².